The number of hydrogen-bond acceptors (Lipinski definition) is 5. The summed E-state index contributed by atoms with van der Waals surface area (Å²) in [5, 5.41) is 9.99. The van der Waals surface area contributed by atoms with E-state index in [9.17, 15) is 14.9 Å². The van der Waals surface area contributed by atoms with Gasteiger partial charge in [-0.2, -0.15) is 0 Å². The summed E-state index contributed by atoms with van der Waals surface area (Å²) in [6, 6.07) is 6.14. The normalized spacial score (nSPS) is 10.8. The second kappa shape index (κ2) is 5.73. The fourth-order valence-electron chi connectivity index (χ4n) is 1.47. The average Bonchev–Trinajstić information content (AvgIpc) is 2.84. The molecule has 5 nitrogen and oxygen atoms in total. The molecule has 2 rings (SSSR count). The van der Waals surface area contributed by atoms with Crippen LogP contribution in [-0.4, -0.2) is 15.1 Å². The molecule has 0 fully saturated rings. The van der Waals surface area contributed by atoms with Gasteiger partial charge in [0.1, 0.15) is 0 Å². The molecule has 1 aromatic carbocycles. The Morgan fingerprint density at radius 2 is 2.05 bits per heavy atom. The van der Waals surface area contributed by atoms with Crippen molar-refractivity contribution in [3.8, 4) is 10.4 Å². The van der Waals surface area contributed by atoms with Gasteiger partial charge >= 0.3 is 0 Å². The van der Waals surface area contributed by atoms with Crippen LogP contribution < -0.4 is 0 Å². The van der Waals surface area contributed by atoms with Crippen LogP contribution >= 0.6 is 22.9 Å². The number of nitro groups is 1. The first-order valence-corrected chi connectivity index (χ1v) is 6.39. The average molecular weight is 295 g/mol. The summed E-state index contributed by atoms with van der Waals surface area (Å²) < 4.78 is 0. The van der Waals surface area contributed by atoms with E-state index in [2.05, 4.69) is 4.98 Å². The zero-order chi connectivity index (χ0) is 13.8. The number of carbonyl (C=O) groups excluding carboxylic acids is 1. The molecule has 0 bridgehead atoms. The van der Waals surface area contributed by atoms with Crippen LogP contribution in [0.5, 0.6) is 0 Å². The van der Waals surface area contributed by atoms with Crippen LogP contribution in [0, 0.1) is 10.1 Å². The van der Waals surface area contributed by atoms with E-state index in [1.54, 1.807) is 17.6 Å². The number of non-ortho nitro benzene ring substituents is 1. The first kappa shape index (κ1) is 13.4. The van der Waals surface area contributed by atoms with Crippen LogP contribution in [0.15, 0.2) is 35.9 Å². The van der Waals surface area contributed by atoms with Gasteiger partial charge in [-0.25, -0.2) is 4.98 Å². The first-order chi connectivity index (χ1) is 9.08. The minimum Gasteiger partial charge on any atom is -0.276 e. The molecule has 1 heterocycles. The summed E-state index contributed by atoms with van der Waals surface area (Å²) in [5.74, 6) is 0. The van der Waals surface area contributed by atoms with Gasteiger partial charge in [0.15, 0.2) is 0 Å². The number of halogens is 1. The number of rotatable bonds is 4. The Hall–Kier alpha value is -2.05. The van der Waals surface area contributed by atoms with Crippen LogP contribution in [-0.2, 0) is 4.79 Å². The monoisotopic (exact) mass is 294 g/mol. The minimum absolute atomic E-state index is 0.0290. The Morgan fingerprint density at radius 1 is 1.37 bits per heavy atom. The van der Waals surface area contributed by atoms with Crippen LogP contribution in [0.25, 0.3) is 16.5 Å². The quantitative estimate of drug-likeness (QED) is 0.374. The third kappa shape index (κ3) is 3.24. The molecule has 0 saturated heterocycles. The fraction of sp³-hybridized carbons (Fsp3) is 0. The van der Waals surface area contributed by atoms with Crippen molar-refractivity contribution in [2.45, 2.75) is 0 Å². The molecule has 0 unspecified atom stereocenters. The molecule has 0 aliphatic heterocycles. The predicted octanol–water partition coefficient (Wildman–Crippen LogP) is 3.50. The summed E-state index contributed by atoms with van der Waals surface area (Å²) in [6.07, 6.45) is 2.73. The van der Waals surface area contributed by atoms with Gasteiger partial charge in [-0.15, -0.1) is 11.3 Å². The Labute approximate surface area is 117 Å². The molecule has 0 atom stereocenters. The van der Waals surface area contributed by atoms with Crippen molar-refractivity contribution in [1.29, 1.82) is 0 Å². The number of hydrogen-bond donors (Lipinski definition) is 0. The molecule has 2 aromatic rings. The highest BCUT2D eigenvalue weighted by atomic mass is 35.5. The van der Waals surface area contributed by atoms with Gasteiger partial charge < -0.3 is 0 Å². The Morgan fingerprint density at radius 3 is 2.63 bits per heavy atom. The van der Waals surface area contributed by atoms with E-state index in [1.807, 2.05) is 0 Å². The molecular weight excluding hydrogens is 288 g/mol. The molecular formula is C12H7ClN2O3S. The molecule has 19 heavy (non-hydrogen) atoms. The van der Waals surface area contributed by atoms with Crippen molar-refractivity contribution in [2.75, 3.05) is 0 Å². The molecule has 0 amide bonds. The molecule has 0 N–H and O–H groups in total. The highest BCUT2D eigenvalue weighted by Crippen LogP contribution is 2.29. The lowest BCUT2D eigenvalue weighted by Gasteiger charge is -1.98. The highest BCUT2D eigenvalue weighted by molar-refractivity contribution is 7.13. The number of aromatic nitrogens is 1. The van der Waals surface area contributed by atoms with Gasteiger partial charge in [0.2, 0.25) is 5.24 Å². The van der Waals surface area contributed by atoms with Crippen molar-refractivity contribution in [2.24, 2.45) is 0 Å². The number of nitro benzene ring substituents is 1. The molecule has 0 aliphatic carbocycles. The number of allylic oxidation sites excluding steroid dienone is 1. The highest BCUT2D eigenvalue weighted by Gasteiger charge is 2.09. The molecule has 7 heteroatoms. The maximum Gasteiger partial charge on any atom is 0.269 e. The second-order valence-corrected chi connectivity index (χ2v) is 4.74. The van der Waals surface area contributed by atoms with Crippen molar-refractivity contribution >= 4 is 39.9 Å². The van der Waals surface area contributed by atoms with Gasteiger partial charge in [0.05, 0.1) is 21.0 Å². The van der Waals surface area contributed by atoms with Crippen molar-refractivity contribution in [3.05, 3.63) is 51.7 Å². The van der Waals surface area contributed by atoms with Crippen molar-refractivity contribution < 1.29 is 9.72 Å². The lowest BCUT2D eigenvalue weighted by atomic mass is 10.1. The van der Waals surface area contributed by atoms with Crippen molar-refractivity contribution in [3.63, 3.8) is 0 Å². The van der Waals surface area contributed by atoms with E-state index in [0.29, 0.717) is 5.69 Å². The number of nitrogens with zero attached hydrogens (tertiary/aromatic N) is 2. The van der Waals surface area contributed by atoms with E-state index >= 15 is 0 Å². The predicted molar refractivity (Wildman–Crippen MR) is 74.1 cm³/mol. The Balaban J connectivity index is 2.34. The van der Waals surface area contributed by atoms with Crippen LogP contribution in [0.3, 0.4) is 0 Å². The summed E-state index contributed by atoms with van der Waals surface area (Å²) in [7, 11) is 0. The zero-order valence-electron chi connectivity index (χ0n) is 9.45. The molecule has 96 valence electrons. The van der Waals surface area contributed by atoms with Gasteiger partial charge in [-0.05, 0) is 41.4 Å². The SMILES string of the molecule is O=C(Cl)/C=C/c1ncsc1-c1ccc([N+](=O)[O-])cc1. The van der Waals surface area contributed by atoms with Gasteiger partial charge in [-0.3, -0.25) is 14.9 Å². The first-order valence-electron chi connectivity index (χ1n) is 5.14. The second-order valence-electron chi connectivity index (χ2n) is 3.51. The maximum atomic E-state index is 10.7. The summed E-state index contributed by atoms with van der Waals surface area (Å²) in [4.78, 5) is 25.7. The van der Waals surface area contributed by atoms with Gasteiger partial charge in [0, 0.05) is 12.1 Å². The van der Waals surface area contributed by atoms with Gasteiger partial charge in [0.25, 0.3) is 5.69 Å². The van der Waals surface area contributed by atoms with Crippen LogP contribution in [0.2, 0.25) is 0 Å². The minimum atomic E-state index is -0.581. The summed E-state index contributed by atoms with van der Waals surface area (Å²) >= 11 is 6.61. The largest absolute Gasteiger partial charge is 0.276 e. The smallest absolute Gasteiger partial charge is 0.269 e. The Kier molecular flexibility index (Phi) is 4.03. The number of carbonyl (C=O) groups is 1. The third-order valence-electron chi connectivity index (χ3n) is 2.31. The molecule has 1 aromatic heterocycles. The lowest BCUT2D eigenvalue weighted by molar-refractivity contribution is -0.384. The summed E-state index contributed by atoms with van der Waals surface area (Å²) in [5.41, 5.74) is 3.07. The number of thiazole rings is 1. The van der Waals surface area contributed by atoms with E-state index in [4.69, 9.17) is 11.6 Å². The van der Waals surface area contributed by atoms with Crippen LogP contribution in [0.1, 0.15) is 5.69 Å². The fourth-order valence-corrected chi connectivity index (χ4v) is 2.32. The Bertz CT molecular complexity index is 649. The van der Waals surface area contributed by atoms with E-state index < -0.39 is 10.2 Å². The maximum absolute atomic E-state index is 10.7. The van der Waals surface area contributed by atoms with E-state index in [1.165, 1.54) is 35.6 Å². The summed E-state index contributed by atoms with van der Waals surface area (Å²) in [6.45, 7) is 0. The topological polar surface area (TPSA) is 73.1 Å². The van der Waals surface area contributed by atoms with Gasteiger partial charge in [-0.1, -0.05) is 0 Å². The third-order valence-corrected chi connectivity index (χ3v) is 3.32. The van der Waals surface area contributed by atoms with Crippen LogP contribution in [0.4, 0.5) is 5.69 Å². The van der Waals surface area contributed by atoms with E-state index in [-0.39, 0.29) is 5.69 Å². The standard InChI is InChI=1S/C12H7ClN2O3S/c13-11(16)6-5-10-12(19-7-14-10)8-1-3-9(4-2-8)15(17)18/h1-7H/b6-5+. The molecule has 0 aliphatic rings. The molecule has 0 saturated carbocycles. The van der Waals surface area contributed by atoms with Crippen molar-refractivity contribution in [1.82, 2.24) is 4.98 Å². The zero-order valence-corrected chi connectivity index (χ0v) is 11.0. The molecule has 0 radical (unpaired) electrons. The lowest BCUT2D eigenvalue weighted by Crippen LogP contribution is -1.87. The molecule has 0 spiro atoms. The van der Waals surface area contributed by atoms with E-state index in [0.717, 1.165) is 10.4 Å². The number of benzene rings is 1.